The van der Waals surface area contributed by atoms with E-state index in [9.17, 15) is 14.4 Å². The van der Waals surface area contributed by atoms with Gasteiger partial charge in [-0.1, -0.05) is 87.6 Å². The fraction of sp³-hybridized carbons (Fsp3) is 0.750. The van der Waals surface area contributed by atoms with E-state index in [0.29, 0.717) is 24.2 Å². The Bertz CT molecular complexity index is 939. The Labute approximate surface area is 241 Å². The molecule has 0 saturated heterocycles. The van der Waals surface area contributed by atoms with Crippen molar-refractivity contribution in [3.63, 3.8) is 0 Å². The minimum atomic E-state index is -0.0820. The summed E-state index contributed by atoms with van der Waals surface area (Å²) in [6.07, 6.45) is 8.67. The van der Waals surface area contributed by atoms with Gasteiger partial charge < -0.3 is 0 Å². The Hall–Kier alpha value is -1.77. The molecule has 3 heteroatoms. The highest BCUT2D eigenvalue weighted by Crippen LogP contribution is 2.40. The van der Waals surface area contributed by atoms with E-state index in [-0.39, 0.29) is 41.5 Å². The smallest absolute Gasteiger partial charge is 0.163 e. The van der Waals surface area contributed by atoms with Crippen molar-refractivity contribution >= 4 is 17.3 Å². The average Bonchev–Trinajstić information content (AvgIpc) is 2.80. The molecule has 0 aromatic heterocycles. The number of ketones is 3. The maximum atomic E-state index is 13.7. The molecule has 1 aliphatic rings. The van der Waals surface area contributed by atoms with Gasteiger partial charge in [0.25, 0.3) is 0 Å². The van der Waals surface area contributed by atoms with Gasteiger partial charge in [0.1, 0.15) is 11.6 Å². The molecule has 1 aliphatic carbocycles. The monoisotopic (exact) mass is 540 g/mol. The van der Waals surface area contributed by atoms with E-state index < -0.39 is 0 Å². The number of carbonyl (C=O) groups excluding carboxylic acids is 3. The molecule has 222 valence electrons. The van der Waals surface area contributed by atoms with Crippen LogP contribution in [-0.2, 0) is 22.4 Å². The first-order valence-corrected chi connectivity index (χ1v) is 16.0. The molecule has 3 nitrogen and oxygen atoms in total. The number of fused-ring (bicyclic) bond motifs is 1. The zero-order valence-electron chi connectivity index (χ0n) is 27.3. The normalized spacial score (nSPS) is 17.4. The molecular formula is C36H60O3. The molecule has 2 rings (SSSR count). The summed E-state index contributed by atoms with van der Waals surface area (Å²) >= 11 is 0. The number of Topliss-reactive ketones (excluding diaryl/α,β-unsaturated/α-hetero) is 3. The summed E-state index contributed by atoms with van der Waals surface area (Å²) in [4.78, 5) is 38.2. The molecule has 0 spiro atoms. The van der Waals surface area contributed by atoms with Crippen LogP contribution in [0.15, 0.2) is 6.07 Å². The molecule has 1 aromatic rings. The van der Waals surface area contributed by atoms with Gasteiger partial charge in [0, 0.05) is 17.9 Å². The zero-order valence-corrected chi connectivity index (χ0v) is 27.3. The fourth-order valence-corrected chi connectivity index (χ4v) is 6.88. The van der Waals surface area contributed by atoms with Crippen molar-refractivity contribution in [3.05, 3.63) is 33.9 Å². The summed E-state index contributed by atoms with van der Waals surface area (Å²) in [5, 5.41) is 0. The SMILES string of the molecule is CCC.CCCC(CC1CC(=O)c2c(C)c(CC(C)CC(C)C)cc(C(C)C)c2C1)C(CC)C(=O)CC(C)=O. The molecule has 0 radical (unpaired) electrons. The minimum Gasteiger partial charge on any atom is -0.300 e. The molecule has 0 bridgehead atoms. The maximum absolute atomic E-state index is 13.7. The second-order valence-electron chi connectivity index (χ2n) is 13.2. The Morgan fingerprint density at radius 3 is 2.10 bits per heavy atom. The second kappa shape index (κ2) is 17.1. The third-order valence-corrected chi connectivity index (χ3v) is 8.29. The van der Waals surface area contributed by atoms with Crippen LogP contribution in [0.3, 0.4) is 0 Å². The van der Waals surface area contributed by atoms with Gasteiger partial charge in [-0.2, -0.15) is 0 Å². The quantitative estimate of drug-likeness (QED) is 0.221. The van der Waals surface area contributed by atoms with E-state index in [0.717, 1.165) is 44.1 Å². The van der Waals surface area contributed by atoms with Crippen LogP contribution in [0.5, 0.6) is 0 Å². The van der Waals surface area contributed by atoms with Crippen LogP contribution in [0.1, 0.15) is 159 Å². The lowest BCUT2D eigenvalue weighted by molar-refractivity contribution is -0.129. The van der Waals surface area contributed by atoms with Crippen LogP contribution in [0.25, 0.3) is 0 Å². The van der Waals surface area contributed by atoms with Crippen molar-refractivity contribution in [2.24, 2.45) is 29.6 Å². The van der Waals surface area contributed by atoms with Crippen molar-refractivity contribution < 1.29 is 14.4 Å². The molecule has 4 atom stereocenters. The third-order valence-electron chi connectivity index (χ3n) is 8.29. The largest absolute Gasteiger partial charge is 0.300 e. The number of hydrogen-bond acceptors (Lipinski definition) is 3. The van der Waals surface area contributed by atoms with Crippen molar-refractivity contribution in [3.8, 4) is 0 Å². The molecule has 0 aliphatic heterocycles. The molecule has 0 saturated carbocycles. The summed E-state index contributed by atoms with van der Waals surface area (Å²) in [6, 6.07) is 2.40. The Kier molecular flexibility index (Phi) is 15.5. The Morgan fingerprint density at radius 2 is 1.62 bits per heavy atom. The van der Waals surface area contributed by atoms with Crippen molar-refractivity contribution in [2.75, 3.05) is 0 Å². The lowest BCUT2D eigenvalue weighted by Crippen LogP contribution is -2.30. The van der Waals surface area contributed by atoms with Gasteiger partial charge in [0.15, 0.2) is 5.78 Å². The highest BCUT2D eigenvalue weighted by Gasteiger charge is 2.34. The molecule has 0 amide bonds. The predicted molar refractivity (Wildman–Crippen MR) is 167 cm³/mol. The van der Waals surface area contributed by atoms with Crippen LogP contribution in [-0.4, -0.2) is 17.3 Å². The lowest BCUT2D eigenvalue weighted by Gasteiger charge is -2.34. The minimum absolute atomic E-state index is 0.0415. The van der Waals surface area contributed by atoms with Gasteiger partial charge in [-0.15, -0.1) is 0 Å². The number of benzene rings is 1. The third kappa shape index (κ3) is 10.6. The van der Waals surface area contributed by atoms with Gasteiger partial charge in [0.05, 0.1) is 6.42 Å². The zero-order chi connectivity index (χ0) is 29.9. The van der Waals surface area contributed by atoms with Gasteiger partial charge >= 0.3 is 0 Å². The summed E-state index contributed by atoms with van der Waals surface area (Å²) in [5.41, 5.74) is 6.15. The highest BCUT2D eigenvalue weighted by molar-refractivity contribution is 6.01. The van der Waals surface area contributed by atoms with Crippen LogP contribution < -0.4 is 0 Å². The van der Waals surface area contributed by atoms with Crippen LogP contribution in [0.2, 0.25) is 0 Å². The van der Waals surface area contributed by atoms with Crippen molar-refractivity contribution in [2.45, 2.75) is 146 Å². The van der Waals surface area contributed by atoms with E-state index in [2.05, 4.69) is 75.3 Å². The van der Waals surface area contributed by atoms with Crippen LogP contribution >= 0.6 is 0 Å². The van der Waals surface area contributed by atoms with Gasteiger partial charge in [-0.25, -0.2) is 0 Å². The van der Waals surface area contributed by atoms with Gasteiger partial charge in [0.2, 0.25) is 0 Å². The van der Waals surface area contributed by atoms with E-state index in [1.54, 1.807) is 0 Å². The Morgan fingerprint density at radius 1 is 1.00 bits per heavy atom. The second-order valence-corrected chi connectivity index (χ2v) is 13.2. The molecule has 39 heavy (non-hydrogen) atoms. The fourth-order valence-electron chi connectivity index (χ4n) is 6.88. The highest BCUT2D eigenvalue weighted by atomic mass is 16.1. The molecule has 4 unspecified atom stereocenters. The Balaban J connectivity index is 0.00000242. The van der Waals surface area contributed by atoms with E-state index in [4.69, 9.17) is 0 Å². The van der Waals surface area contributed by atoms with Gasteiger partial charge in [-0.3, -0.25) is 14.4 Å². The summed E-state index contributed by atoms with van der Waals surface area (Å²) in [7, 11) is 0. The molecule has 0 N–H and O–H groups in total. The van der Waals surface area contributed by atoms with E-state index >= 15 is 0 Å². The average molecular weight is 541 g/mol. The van der Waals surface area contributed by atoms with Crippen molar-refractivity contribution in [1.29, 1.82) is 0 Å². The summed E-state index contributed by atoms with van der Waals surface area (Å²) < 4.78 is 0. The molecule has 1 aromatic carbocycles. The molecule has 0 heterocycles. The topological polar surface area (TPSA) is 51.2 Å². The number of hydrogen-bond donors (Lipinski definition) is 0. The van der Waals surface area contributed by atoms with Crippen LogP contribution in [0.4, 0.5) is 0 Å². The van der Waals surface area contributed by atoms with Crippen molar-refractivity contribution in [1.82, 2.24) is 0 Å². The number of carbonyl (C=O) groups is 3. The lowest BCUT2D eigenvalue weighted by atomic mass is 9.70. The first kappa shape index (κ1) is 35.3. The first-order valence-electron chi connectivity index (χ1n) is 16.0. The summed E-state index contributed by atoms with van der Waals surface area (Å²) in [6.45, 7) is 23.5. The first-order chi connectivity index (χ1) is 18.3. The summed E-state index contributed by atoms with van der Waals surface area (Å²) in [5.74, 6) is 2.40. The molecular weight excluding hydrogens is 480 g/mol. The predicted octanol–water partition coefficient (Wildman–Crippen LogP) is 9.89. The van der Waals surface area contributed by atoms with E-state index in [1.807, 2.05) is 0 Å². The number of rotatable bonds is 14. The standard InChI is InChI=1S/C33H52O3.C3H8/c1-10-12-26(28(11-2)31(35)15-23(8)34)16-25-17-30-29(21(5)6)19-27(14-22(7)13-20(3)4)24(9)33(30)32(36)18-25;1-3-2/h19-22,25-26,28H,10-18H2,1-9H3;3H2,1-2H3. The van der Waals surface area contributed by atoms with E-state index in [1.165, 1.54) is 42.0 Å². The molecule has 0 fully saturated rings. The van der Waals surface area contributed by atoms with Gasteiger partial charge in [-0.05, 0) is 97.8 Å². The maximum Gasteiger partial charge on any atom is 0.163 e. The van der Waals surface area contributed by atoms with Crippen LogP contribution in [0, 0.1) is 36.5 Å².